The van der Waals surface area contributed by atoms with Crippen molar-refractivity contribution in [2.45, 2.75) is 18.9 Å². The molecule has 2 aromatic heterocycles. The Morgan fingerprint density at radius 3 is 2.72 bits per heavy atom. The molecule has 6 rings (SSSR count). The van der Waals surface area contributed by atoms with Gasteiger partial charge < -0.3 is 0 Å². The molecule has 2 aliphatic rings. The molecule has 0 saturated heterocycles. The van der Waals surface area contributed by atoms with Gasteiger partial charge >= 0.3 is 0 Å². The van der Waals surface area contributed by atoms with Crippen LogP contribution in [0.15, 0.2) is 88.4 Å². The smallest absolute Gasteiger partial charge is 0.271 e. The minimum atomic E-state index is -0.264. The van der Waals surface area contributed by atoms with Crippen molar-refractivity contribution in [3.8, 4) is 0 Å². The molecule has 0 unspecified atom stereocenters. The summed E-state index contributed by atoms with van der Waals surface area (Å²) in [6.45, 7) is 0. The fourth-order valence-electron chi connectivity index (χ4n) is 4.61. The first-order chi connectivity index (χ1) is 15.7. The van der Waals surface area contributed by atoms with Gasteiger partial charge in [-0.05, 0) is 53.3 Å². The number of benzene rings is 2. The second-order valence-electron chi connectivity index (χ2n) is 7.92. The fourth-order valence-corrected chi connectivity index (χ4v) is 5.85. The molecular weight excluding hydrogens is 438 g/mol. The Kier molecular flexibility index (Phi) is 4.67. The van der Waals surface area contributed by atoms with Gasteiger partial charge in [0.2, 0.25) is 0 Å². The second kappa shape index (κ2) is 7.69. The molecule has 0 N–H and O–H groups in total. The second-order valence-corrected chi connectivity index (χ2v) is 9.34. The van der Waals surface area contributed by atoms with Gasteiger partial charge in [-0.3, -0.25) is 14.3 Å². The van der Waals surface area contributed by atoms with Crippen LogP contribution >= 0.6 is 22.9 Å². The Labute approximate surface area is 193 Å². The lowest BCUT2D eigenvalue weighted by molar-refractivity contribution is 0.585. The van der Waals surface area contributed by atoms with E-state index in [4.69, 9.17) is 16.6 Å². The summed E-state index contributed by atoms with van der Waals surface area (Å²) in [5.41, 5.74) is 6.35. The number of aromatic nitrogens is 2. The van der Waals surface area contributed by atoms with Crippen LogP contribution in [0.1, 0.15) is 34.7 Å². The predicted molar refractivity (Wildman–Crippen MR) is 128 cm³/mol. The van der Waals surface area contributed by atoms with Gasteiger partial charge in [-0.1, -0.05) is 71.5 Å². The van der Waals surface area contributed by atoms with E-state index in [1.165, 1.54) is 16.9 Å². The highest BCUT2D eigenvalue weighted by Crippen LogP contribution is 2.42. The molecule has 0 amide bonds. The Morgan fingerprint density at radius 2 is 1.88 bits per heavy atom. The molecule has 0 spiro atoms. The van der Waals surface area contributed by atoms with E-state index in [-0.39, 0.29) is 11.6 Å². The largest absolute Gasteiger partial charge is 0.272 e. The monoisotopic (exact) mass is 455 g/mol. The van der Waals surface area contributed by atoms with Crippen molar-refractivity contribution in [1.29, 1.82) is 0 Å². The highest BCUT2D eigenvalue weighted by molar-refractivity contribution is 7.07. The van der Waals surface area contributed by atoms with Gasteiger partial charge in [-0.25, -0.2) is 4.99 Å². The summed E-state index contributed by atoms with van der Waals surface area (Å²) >= 11 is 8.08. The van der Waals surface area contributed by atoms with Gasteiger partial charge in [0, 0.05) is 23.0 Å². The van der Waals surface area contributed by atoms with Crippen molar-refractivity contribution < 1.29 is 0 Å². The summed E-state index contributed by atoms with van der Waals surface area (Å²) in [6.07, 6.45) is 7.13. The summed E-state index contributed by atoms with van der Waals surface area (Å²) in [7, 11) is 0. The van der Waals surface area contributed by atoms with Crippen molar-refractivity contribution in [3.63, 3.8) is 0 Å². The maximum absolute atomic E-state index is 13.6. The van der Waals surface area contributed by atoms with Crippen LogP contribution in [0.25, 0.3) is 11.8 Å². The van der Waals surface area contributed by atoms with Crippen LogP contribution in [0.5, 0.6) is 0 Å². The molecule has 4 nitrogen and oxygen atoms in total. The molecule has 0 bridgehead atoms. The summed E-state index contributed by atoms with van der Waals surface area (Å²) in [4.78, 5) is 23.5. The quantitative estimate of drug-likeness (QED) is 0.450. The lowest BCUT2D eigenvalue weighted by Crippen LogP contribution is -2.38. The number of hydrogen-bond donors (Lipinski definition) is 0. The van der Waals surface area contributed by atoms with Gasteiger partial charge in [0.25, 0.3) is 5.56 Å². The number of rotatable bonds is 2. The zero-order valence-electron chi connectivity index (χ0n) is 17.0. The van der Waals surface area contributed by atoms with E-state index in [9.17, 15) is 4.79 Å². The van der Waals surface area contributed by atoms with E-state index in [0.717, 1.165) is 40.8 Å². The number of thiazole rings is 1. The third kappa shape index (κ3) is 3.08. The minimum Gasteiger partial charge on any atom is -0.272 e. The van der Waals surface area contributed by atoms with Crippen molar-refractivity contribution in [1.82, 2.24) is 9.55 Å². The van der Waals surface area contributed by atoms with Gasteiger partial charge in [0.15, 0.2) is 4.80 Å². The molecular formula is C26H18ClN3OS. The topological polar surface area (TPSA) is 47.2 Å². The summed E-state index contributed by atoms with van der Waals surface area (Å²) in [5, 5.41) is 0.659. The molecule has 0 saturated carbocycles. The first-order valence-corrected chi connectivity index (χ1v) is 11.7. The van der Waals surface area contributed by atoms with Gasteiger partial charge in [0.05, 0.1) is 16.3 Å². The van der Waals surface area contributed by atoms with Crippen molar-refractivity contribution in [3.05, 3.63) is 126 Å². The van der Waals surface area contributed by atoms with Gasteiger partial charge in [-0.2, -0.15) is 0 Å². The van der Waals surface area contributed by atoms with E-state index in [0.29, 0.717) is 14.4 Å². The lowest BCUT2D eigenvalue weighted by atomic mass is 9.83. The molecule has 1 aliphatic heterocycles. The number of allylic oxidation sites excluding steroid dienone is 1. The highest BCUT2D eigenvalue weighted by Gasteiger charge is 2.33. The van der Waals surface area contributed by atoms with Crippen LogP contribution in [0.2, 0.25) is 5.02 Å². The Hall–Kier alpha value is -3.28. The predicted octanol–water partition coefficient (Wildman–Crippen LogP) is 4.37. The van der Waals surface area contributed by atoms with Crippen molar-refractivity contribution in [2.24, 2.45) is 4.99 Å². The maximum Gasteiger partial charge on any atom is 0.271 e. The van der Waals surface area contributed by atoms with Crippen LogP contribution < -0.4 is 14.9 Å². The number of nitrogens with zero attached hydrogens (tertiary/aromatic N) is 3. The average Bonchev–Trinajstić information content (AvgIpc) is 3.13. The Bertz CT molecular complexity index is 1570. The molecule has 0 radical (unpaired) electrons. The number of aryl methyl sites for hydroxylation is 1. The van der Waals surface area contributed by atoms with Crippen LogP contribution in [-0.2, 0) is 6.42 Å². The zero-order chi connectivity index (χ0) is 21.7. The Morgan fingerprint density at radius 1 is 1.03 bits per heavy atom. The lowest BCUT2D eigenvalue weighted by Gasteiger charge is -2.31. The van der Waals surface area contributed by atoms with Crippen molar-refractivity contribution >= 4 is 34.7 Å². The SMILES string of the molecule is O=c1/c(=C\c2cccnc2)sc2n1[C@@H](c1ccccc1Cl)C1=C(N=2)c2ccccc2CC1. The first-order valence-electron chi connectivity index (χ1n) is 10.5. The summed E-state index contributed by atoms with van der Waals surface area (Å²) in [5.74, 6) is 0. The van der Waals surface area contributed by atoms with E-state index in [2.05, 4.69) is 23.2 Å². The molecule has 4 aromatic rings. The van der Waals surface area contributed by atoms with Crippen molar-refractivity contribution in [2.75, 3.05) is 0 Å². The van der Waals surface area contributed by atoms with E-state index >= 15 is 0 Å². The summed E-state index contributed by atoms with van der Waals surface area (Å²) in [6, 6.07) is 19.8. The molecule has 156 valence electrons. The third-order valence-electron chi connectivity index (χ3n) is 6.05. The molecule has 2 aromatic carbocycles. The summed E-state index contributed by atoms with van der Waals surface area (Å²) < 4.78 is 2.46. The van der Waals surface area contributed by atoms with E-state index in [1.807, 2.05) is 53.1 Å². The fraction of sp³-hybridized carbons (Fsp3) is 0.115. The number of fused-ring (bicyclic) bond motifs is 3. The highest BCUT2D eigenvalue weighted by atomic mass is 35.5. The third-order valence-corrected chi connectivity index (χ3v) is 7.38. The maximum atomic E-state index is 13.6. The molecule has 1 aliphatic carbocycles. The van der Waals surface area contributed by atoms with E-state index < -0.39 is 0 Å². The molecule has 3 heterocycles. The standard InChI is InChI=1S/C26H18ClN3OS/c27-21-10-4-3-9-19(21)24-20-12-11-17-7-1-2-8-18(17)23(20)29-26-30(24)25(31)22(32-26)14-16-6-5-13-28-15-16/h1-10,13-15,24H,11-12H2/b22-14+/t24-/m0/s1. The first kappa shape index (κ1) is 19.4. The van der Waals surface area contributed by atoms with Crippen LogP contribution in [0.4, 0.5) is 0 Å². The molecule has 1 atom stereocenters. The van der Waals surface area contributed by atoms with Crippen LogP contribution in [0, 0.1) is 0 Å². The van der Waals surface area contributed by atoms with E-state index in [1.54, 1.807) is 12.4 Å². The zero-order valence-corrected chi connectivity index (χ0v) is 18.6. The van der Waals surface area contributed by atoms with Crippen LogP contribution in [0.3, 0.4) is 0 Å². The van der Waals surface area contributed by atoms with Gasteiger partial charge in [0.1, 0.15) is 0 Å². The molecule has 6 heteroatoms. The average molecular weight is 456 g/mol. The number of halogens is 1. The number of hydrogen-bond acceptors (Lipinski definition) is 4. The number of pyridine rings is 1. The molecule has 0 fully saturated rings. The van der Waals surface area contributed by atoms with Gasteiger partial charge in [-0.15, -0.1) is 0 Å². The normalized spacial score (nSPS) is 17.4. The Balaban J connectivity index is 1.66. The van der Waals surface area contributed by atoms with Crippen LogP contribution in [-0.4, -0.2) is 9.55 Å². The molecule has 32 heavy (non-hydrogen) atoms. The minimum absolute atomic E-state index is 0.0482.